The summed E-state index contributed by atoms with van der Waals surface area (Å²) < 4.78 is 0. The molecule has 1 aromatic heterocycles. The fourth-order valence-electron chi connectivity index (χ4n) is 2.77. The second kappa shape index (κ2) is 9.09. The summed E-state index contributed by atoms with van der Waals surface area (Å²) in [5.74, 6) is 1.07. The van der Waals surface area contributed by atoms with Crippen molar-refractivity contribution in [2.75, 3.05) is 0 Å². The zero-order valence-electron chi connectivity index (χ0n) is 13.1. The minimum atomic E-state index is 0.738. The smallest absolute Gasteiger partial charge is 0.107 e. The van der Waals surface area contributed by atoms with E-state index in [1.54, 1.807) is 0 Å². The summed E-state index contributed by atoms with van der Waals surface area (Å²) in [7, 11) is 0. The lowest BCUT2D eigenvalue weighted by Gasteiger charge is -2.01. The number of imidazole rings is 1. The largest absolute Gasteiger partial charge is 0.342 e. The predicted molar refractivity (Wildman–Crippen MR) is 92.0 cm³/mol. The number of benzene rings is 1. The van der Waals surface area contributed by atoms with Gasteiger partial charge in [-0.3, -0.25) is 0 Å². The fraction of sp³-hybridized carbons (Fsp3) is 0.611. The number of aromatic nitrogens is 2. The van der Waals surface area contributed by atoms with E-state index in [9.17, 15) is 0 Å². The molecule has 0 amide bonds. The Bertz CT molecular complexity index is 533. The molecule has 0 spiro atoms. The van der Waals surface area contributed by atoms with Crippen molar-refractivity contribution in [3.63, 3.8) is 0 Å². The van der Waals surface area contributed by atoms with Crippen LogP contribution in [0, 0.1) is 0 Å². The summed E-state index contributed by atoms with van der Waals surface area (Å²) in [6, 6.07) is 5.90. The third-order valence-corrected chi connectivity index (χ3v) is 4.33. The number of hydrogen-bond acceptors (Lipinski definition) is 1. The van der Waals surface area contributed by atoms with E-state index in [2.05, 4.69) is 16.9 Å². The van der Waals surface area contributed by atoms with Gasteiger partial charge in [0.15, 0.2) is 0 Å². The number of para-hydroxylation sites is 1. The Morgan fingerprint density at radius 3 is 2.29 bits per heavy atom. The average molecular weight is 307 g/mol. The first-order chi connectivity index (χ1) is 10.3. The monoisotopic (exact) mass is 306 g/mol. The van der Waals surface area contributed by atoms with E-state index in [-0.39, 0.29) is 0 Å². The molecule has 0 atom stereocenters. The van der Waals surface area contributed by atoms with Gasteiger partial charge in [-0.2, -0.15) is 0 Å². The molecular formula is C18H27ClN2. The third kappa shape index (κ3) is 5.35. The third-order valence-electron chi connectivity index (χ3n) is 4.03. The number of nitrogens with zero attached hydrogens (tertiary/aromatic N) is 1. The number of aromatic amines is 1. The van der Waals surface area contributed by atoms with E-state index >= 15 is 0 Å². The van der Waals surface area contributed by atoms with E-state index in [1.165, 1.54) is 57.8 Å². The summed E-state index contributed by atoms with van der Waals surface area (Å²) >= 11 is 6.14. The Labute approximate surface area is 133 Å². The van der Waals surface area contributed by atoms with E-state index in [0.717, 1.165) is 28.3 Å². The molecule has 116 valence electrons. The van der Waals surface area contributed by atoms with Gasteiger partial charge in [-0.1, -0.05) is 76.0 Å². The van der Waals surface area contributed by atoms with Gasteiger partial charge in [0.25, 0.3) is 0 Å². The summed E-state index contributed by atoms with van der Waals surface area (Å²) in [4.78, 5) is 7.96. The Balaban J connectivity index is 1.61. The molecule has 2 rings (SSSR count). The lowest BCUT2D eigenvalue weighted by atomic mass is 10.1. The molecule has 3 heteroatoms. The number of fused-ring (bicyclic) bond motifs is 1. The molecule has 1 heterocycles. The number of H-pyrrole nitrogens is 1. The summed E-state index contributed by atoms with van der Waals surface area (Å²) in [6.45, 7) is 2.27. The summed E-state index contributed by atoms with van der Waals surface area (Å²) in [5, 5.41) is 0.738. The normalized spacial score (nSPS) is 11.3. The molecule has 0 radical (unpaired) electrons. The first-order valence-corrected chi connectivity index (χ1v) is 8.82. The van der Waals surface area contributed by atoms with Crippen LogP contribution in [0.25, 0.3) is 11.0 Å². The van der Waals surface area contributed by atoms with Gasteiger partial charge < -0.3 is 4.98 Å². The van der Waals surface area contributed by atoms with Crippen LogP contribution >= 0.6 is 11.6 Å². The van der Waals surface area contributed by atoms with Gasteiger partial charge in [0, 0.05) is 6.42 Å². The van der Waals surface area contributed by atoms with Crippen molar-refractivity contribution in [1.82, 2.24) is 9.97 Å². The number of halogens is 1. The van der Waals surface area contributed by atoms with Gasteiger partial charge in [0.1, 0.15) is 11.3 Å². The van der Waals surface area contributed by atoms with Crippen LogP contribution in [0.15, 0.2) is 18.2 Å². The minimum Gasteiger partial charge on any atom is -0.342 e. The summed E-state index contributed by atoms with van der Waals surface area (Å²) in [5.41, 5.74) is 1.96. The molecular weight excluding hydrogens is 280 g/mol. The molecule has 2 nitrogen and oxygen atoms in total. The standard InChI is InChI=1S/C18H27ClN2/c1-2-3-4-5-6-7-8-9-10-14-17-20-16-13-11-12-15(19)18(16)21-17/h11-13H,2-10,14H2,1H3,(H,20,21). The molecule has 0 aliphatic rings. The van der Waals surface area contributed by atoms with Gasteiger partial charge in [-0.25, -0.2) is 4.98 Å². The van der Waals surface area contributed by atoms with Crippen LogP contribution < -0.4 is 0 Å². The van der Waals surface area contributed by atoms with Crippen molar-refractivity contribution in [3.8, 4) is 0 Å². The zero-order valence-corrected chi connectivity index (χ0v) is 13.9. The van der Waals surface area contributed by atoms with Crippen LogP contribution in [-0.4, -0.2) is 9.97 Å². The van der Waals surface area contributed by atoms with Crippen LogP contribution in [-0.2, 0) is 6.42 Å². The van der Waals surface area contributed by atoms with E-state index in [0.29, 0.717) is 0 Å². The van der Waals surface area contributed by atoms with Crippen LogP contribution in [0.1, 0.15) is 70.5 Å². The van der Waals surface area contributed by atoms with E-state index in [4.69, 9.17) is 11.6 Å². The molecule has 0 fully saturated rings. The van der Waals surface area contributed by atoms with Crippen molar-refractivity contribution in [1.29, 1.82) is 0 Å². The molecule has 0 unspecified atom stereocenters. The molecule has 0 aliphatic carbocycles. The highest BCUT2D eigenvalue weighted by molar-refractivity contribution is 6.34. The number of rotatable bonds is 10. The zero-order chi connectivity index (χ0) is 14.9. The van der Waals surface area contributed by atoms with Crippen LogP contribution in [0.4, 0.5) is 0 Å². The highest BCUT2D eigenvalue weighted by Gasteiger charge is 2.05. The Hall–Kier alpha value is -1.02. The average Bonchev–Trinajstić information content (AvgIpc) is 2.90. The second-order valence-corrected chi connectivity index (χ2v) is 6.31. The highest BCUT2D eigenvalue weighted by atomic mass is 35.5. The number of nitrogens with one attached hydrogen (secondary N) is 1. The Morgan fingerprint density at radius 1 is 0.952 bits per heavy atom. The van der Waals surface area contributed by atoms with Gasteiger partial charge >= 0.3 is 0 Å². The first kappa shape index (κ1) is 16.4. The maximum Gasteiger partial charge on any atom is 0.107 e. The molecule has 0 saturated heterocycles. The first-order valence-electron chi connectivity index (χ1n) is 8.44. The van der Waals surface area contributed by atoms with Gasteiger partial charge in [0.05, 0.1) is 10.5 Å². The quantitative estimate of drug-likeness (QED) is 0.513. The molecule has 21 heavy (non-hydrogen) atoms. The molecule has 0 saturated carbocycles. The molecule has 2 aromatic rings. The molecule has 1 N–H and O–H groups in total. The van der Waals surface area contributed by atoms with Crippen molar-refractivity contribution in [3.05, 3.63) is 29.0 Å². The topological polar surface area (TPSA) is 28.7 Å². The van der Waals surface area contributed by atoms with Gasteiger partial charge in [-0.05, 0) is 18.6 Å². The predicted octanol–water partition coefficient (Wildman–Crippen LogP) is 6.29. The number of unbranched alkanes of at least 4 members (excludes halogenated alkanes) is 8. The number of aryl methyl sites for hydroxylation is 1. The molecule has 0 aliphatic heterocycles. The van der Waals surface area contributed by atoms with Crippen LogP contribution in [0.3, 0.4) is 0 Å². The van der Waals surface area contributed by atoms with E-state index in [1.807, 2.05) is 18.2 Å². The number of hydrogen-bond donors (Lipinski definition) is 1. The van der Waals surface area contributed by atoms with Crippen molar-refractivity contribution < 1.29 is 0 Å². The maximum absolute atomic E-state index is 6.14. The Kier molecular flexibility index (Phi) is 7.08. The fourth-order valence-corrected chi connectivity index (χ4v) is 2.99. The maximum atomic E-state index is 6.14. The van der Waals surface area contributed by atoms with Gasteiger partial charge in [-0.15, -0.1) is 0 Å². The lowest BCUT2D eigenvalue weighted by Crippen LogP contribution is -1.88. The van der Waals surface area contributed by atoms with Crippen molar-refractivity contribution in [2.24, 2.45) is 0 Å². The van der Waals surface area contributed by atoms with Crippen LogP contribution in [0.5, 0.6) is 0 Å². The van der Waals surface area contributed by atoms with Crippen molar-refractivity contribution in [2.45, 2.75) is 71.1 Å². The minimum absolute atomic E-state index is 0.738. The second-order valence-electron chi connectivity index (χ2n) is 5.90. The molecule has 0 bridgehead atoms. The van der Waals surface area contributed by atoms with Crippen LogP contribution in [0.2, 0.25) is 5.02 Å². The highest BCUT2D eigenvalue weighted by Crippen LogP contribution is 2.21. The SMILES string of the molecule is CCCCCCCCCCCc1nc2c(Cl)cccc2[nH]1. The van der Waals surface area contributed by atoms with Crippen molar-refractivity contribution >= 4 is 22.6 Å². The lowest BCUT2D eigenvalue weighted by molar-refractivity contribution is 0.562. The van der Waals surface area contributed by atoms with Gasteiger partial charge in [0.2, 0.25) is 0 Å². The molecule has 1 aromatic carbocycles. The van der Waals surface area contributed by atoms with E-state index < -0.39 is 0 Å². The summed E-state index contributed by atoms with van der Waals surface area (Å²) in [6.07, 6.45) is 13.2. The Morgan fingerprint density at radius 2 is 1.62 bits per heavy atom.